The molecule has 1 aromatic carbocycles. The molecule has 0 aliphatic carbocycles. The number of hydrogen-bond acceptors (Lipinski definition) is 3. The normalized spacial score (nSPS) is 17.5. The molecule has 0 saturated carbocycles. The van der Waals surface area contributed by atoms with Crippen molar-refractivity contribution in [1.82, 2.24) is 4.90 Å². The molecule has 2 rings (SSSR count). The number of carbonyl (C=O) groups is 2. The first-order chi connectivity index (χ1) is 10.1. The minimum Gasteiger partial charge on any atom is -0.481 e. The van der Waals surface area contributed by atoms with Gasteiger partial charge >= 0.3 is 5.97 Å². The lowest BCUT2D eigenvalue weighted by molar-refractivity contribution is -0.146. The fourth-order valence-electron chi connectivity index (χ4n) is 2.67. The summed E-state index contributed by atoms with van der Waals surface area (Å²) in [6.07, 6.45) is 2.43. The number of aryl methyl sites for hydroxylation is 1. The Hall–Kier alpha value is -1.88. The fraction of sp³-hybridized carbons (Fsp3) is 0.500. The fourth-order valence-corrected chi connectivity index (χ4v) is 2.67. The van der Waals surface area contributed by atoms with Gasteiger partial charge in [-0.25, -0.2) is 0 Å². The van der Waals surface area contributed by atoms with E-state index in [0.29, 0.717) is 32.4 Å². The zero-order valence-corrected chi connectivity index (χ0v) is 12.1. The molecule has 3 N–H and O–H groups in total. The number of hydrogen-bond donors (Lipinski definition) is 2. The molecule has 1 atom stereocenters. The molecule has 1 saturated heterocycles. The van der Waals surface area contributed by atoms with Gasteiger partial charge in [0.15, 0.2) is 0 Å². The monoisotopic (exact) mass is 290 g/mol. The summed E-state index contributed by atoms with van der Waals surface area (Å²) < 4.78 is 0. The predicted octanol–water partition coefficient (Wildman–Crippen LogP) is 1.27. The second kappa shape index (κ2) is 7.22. The first kappa shape index (κ1) is 15.5. The van der Waals surface area contributed by atoms with Gasteiger partial charge in [-0.1, -0.05) is 30.3 Å². The average molecular weight is 290 g/mol. The molecule has 1 aliphatic rings. The molecule has 1 aromatic rings. The van der Waals surface area contributed by atoms with Gasteiger partial charge < -0.3 is 15.7 Å². The molecule has 5 nitrogen and oxygen atoms in total. The standard InChI is InChI=1S/C16H22N2O3/c17-14(7-6-12-4-2-1-3-5-12)15(19)18-10-8-13(9-11-18)16(20)21/h1-5,13-14H,6-11,17H2,(H,20,21)/t14-/m0/s1. The van der Waals surface area contributed by atoms with Crippen molar-refractivity contribution < 1.29 is 14.7 Å². The van der Waals surface area contributed by atoms with E-state index in [1.807, 2.05) is 30.3 Å². The maximum atomic E-state index is 12.2. The van der Waals surface area contributed by atoms with Crippen LogP contribution in [0.5, 0.6) is 0 Å². The Labute approximate surface area is 124 Å². The molecule has 1 fully saturated rings. The molecule has 21 heavy (non-hydrogen) atoms. The minimum atomic E-state index is -0.768. The van der Waals surface area contributed by atoms with E-state index in [0.717, 1.165) is 6.42 Å². The number of nitrogens with two attached hydrogens (primary N) is 1. The summed E-state index contributed by atoms with van der Waals surface area (Å²) in [7, 11) is 0. The van der Waals surface area contributed by atoms with Crippen molar-refractivity contribution in [3.8, 4) is 0 Å². The Morgan fingerprint density at radius 2 is 1.86 bits per heavy atom. The summed E-state index contributed by atoms with van der Waals surface area (Å²) in [6.45, 7) is 0.990. The molecule has 5 heteroatoms. The van der Waals surface area contributed by atoms with Gasteiger partial charge in [0.25, 0.3) is 0 Å². The zero-order chi connectivity index (χ0) is 15.2. The first-order valence-electron chi connectivity index (χ1n) is 7.39. The number of benzene rings is 1. The Balaban J connectivity index is 1.79. The van der Waals surface area contributed by atoms with Crippen LogP contribution in [0.25, 0.3) is 0 Å². The van der Waals surface area contributed by atoms with E-state index in [1.54, 1.807) is 4.90 Å². The minimum absolute atomic E-state index is 0.0604. The van der Waals surface area contributed by atoms with E-state index in [-0.39, 0.29) is 11.8 Å². The maximum absolute atomic E-state index is 12.2. The van der Waals surface area contributed by atoms with Gasteiger partial charge in [-0.3, -0.25) is 9.59 Å². The Morgan fingerprint density at radius 3 is 2.43 bits per heavy atom. The van der Waals surface area contributed by atoms with E-state index in [2.05, 4.69) is 0 Å². The van der Waals surface area contributed by atoms with Gasteiger partial charge in [0, 0.05) is 13.1 Å². The summed E-state index contributed by atoms with van der Waals surface area (Å²) >= 11 is 0. The number of aliphatic carboxylic acids is 1. The smallest absolute Gasteiger partial charge is 0.306 e. The van der Waals surface area contributed by atoms with Crippen LogP contribution < -0.4 is 5.73 Å². The third-order valence-corrected chi connectivity index (χ3v) is 4.06. The Bertz CT molecular complexity index is 482. The highest BCUT2D eigenvalue weighted by molar-refractivity contribution is 5.82. The second-order valence-electron chi connectivity index (χ2n) is 5.57. The van der Waals surface area contributed by atoms with Crippen molar-refractivity contribution in [3.05, 3.63) is 35.9 Å². The van der Waals surface area contributed by atoms with Crippen molar-refractivity contribution in [3.63, 3.8) is 0 Å². The number of amides is 1. The van der Waals surface area contributed by atoms with Gasteiger partial charge in [0.05, 0.1) is 12.0 Å². The summed E-state index contributed by atoms with van der Waals surface area (Å²) in [5.41, 5.74) is 7.15. The molecular formula is C16H22N2O3. The molecule has 1 amide bonds. The highest BCUT2D eigenvalue weighted by Crippen LogP contribution is 2.18. The van der Waals surface area contributed by atoms with E-state index >= 15 is 0 Å². The lowest BCUT2D eigenvalue weighted by Crippen LogP contribution is -2.48. The molecule has 1 heterocycles. The molecule has 0 unspecified atom stereocenters. The topological polar surface area (TPSA) is 83.6 Å². The van der Waals surface area contributed by atoms with Gasteiger partial charge in [-0.05, 0) is 31.2 Å². The number of rotatable bonds is 5. The van der Waals surface area contributed by atoms with Gasteiger partial charge in [-0.2, -0.15) is 0 Å². The largest absolute Gasteiger partial charge is 0.481 e. The van der Waals surface area contributed by atoms with Crippen molar-refractivity contribution >= 4 is 11.9 Å². The van der Waals surface area contributed by atoms with Crippen LogP contribution in [0.3, 0.4) is 0 Å². The number of piperidine rings is 1. The lowest BCUT2D eigenvalue weighted by atomic mass is 9.96. The number of likely N-dealkylation sites (tertiary alicyclic amines) is 1. The number of carboxylic acid groups (broad SMARTS) is 1. The van der Waals surface area contributed by atoms with Crippen LogP contribution in [0.1, 0.15) is 24.8 Å². The highest BCUT2D eigenvalue weighted by atomic mass is 16.4. The van der Waals surface area contributed by atoms with E-state index < -0.39 is 12.0 Å². The molecule has 0 radical (unpaired) electrons. The molecule has 0 bridgehead atoms. The predicted molar refractivity (Wildman–Crippen MR) is 79.7 cm³/mol. The number of nitrogens with zero attached hydrogens (tertiary/aromatic N) is 1. The van der Waals surface area contributed by atoms with Gasteiger partial charge in [0.2, 0.25) is 5.91 Å². The lowest BCUT2D eigenvalue weighted by Gasteiger charge is -2.32. The first-order valence-corrected chi connectivity index (χ1v) is 7.39. The van der Waals surface area contributed by atoms with Crippen molar-refractivity contribution in [2.75, 3.05) is 13.1 Å². The molecular weight excluding hydrogens is 268 g/mol. The molecule has 1 aliphatic heterocycles. The Morgan fingerprint density at radius 1 is 1.24 bits per heavy atom. The van der Waals surface area contributed by atoms with Crippen LogP contribution in [0.2, 0.25) is 0 Å². The van der Waals surface area contributed by atoms with Crippen LogP contribution in [0.15, 0.2) is 30.3 Å². The summed E-state index contributed by atoms with van der Waals surface area (Å²) in [6, 6.07) is 9.44. The van der Waals surface area contributed by atoms with Crippen LogP contribution in [0.4, 0.5) is 0 Å². The second-order valence-corrected chi connectivity index (χ2v) is 5.57. The number of carbonyl (C=O) groups excluding carboxylic acids is 1. The average Bonchev–Trinajstić information content (AvgIpc) is 2.53. The Kier molecular flexibility index (Phi) is 5.33. The number of carboxylic acids is 1. The van der Waals surface area contributed by atoms with Crippen molar-refractivity contribution in [1.29, 1.82) is 0 Å². The molecule has 0 aromatic heterocycles. The third-order valence-electron chi connectivity index (χ3n) is 4.06. The quantitative estimate of drug-likeness (QED) is 0.855. The van der Waals surface area contributed by atoms with Gasteiger partial charge in [-0.15, -0.1) is 0 Å². The SMILES string of the molecule is N[C@@H](CCc1ccccc1)C(=O)N1CCC(C(=O)O)CC1. The van der Waals surface area contributed by atoms with Crippen molar-refractivity contribution in [2.45, 2.75) is 31.7 Å². The zero-order valence-electron chi connectivity index (χ0n) is 12.1. The van der Waals surface area contributed by atoms with Crippen LogP contribution in [-0.4, -0.2) is 41.0 Å². The summed E-state index contributed by atoms with van der Waals surface area (Å²) in [4.78, 5) is 24.8. The molecule has 0 spiro atoms. The summed E-state index contributed by atoms with van der Waals surface area (Å²) in [5, 5.41) is 8.95. The van der Waals surface area contributed by atoms with Crippen LogP contribution >= 0.6 is 0 Å². The molecule has 114 valence electrons. The van der Waals surface area contributed by atoms with Crippen LogP contribution in [-0.2, 0) is 16.0 Å². The van der Waals surface area contributed by atoms with Crippen molar-refractivity contribution in [2.24, 2.45) is 11.7 Å². The van der Waals surface area contributed by atoms with Crippen LogP contribution in [0, 0.1) is 5.92 Å². The van der Waals surface area contributed by atoms with E-state index in [1.165, 1.54) is 5.56 Å². The maximum Gasteiger partial charge on any atom is 0.306 e. The summed E-state index contributed by atoms with van der Waals surface area (Å²) in [5.74, 6) is -1.15. The van der Waals surface area contributed by atoms with E-state index in [9.17, 15) is 9.59 Å². The highest BCUT2D eigenvalue weighted by Gasteiger charge is 2.29. The van der Waals surface area contributed by atoms with E-state index in [4.69, 9.17) is 10.8 Å². The third kappa shape index (κ3) is 4.29. The van der Waals surface area contributed by atoms with Gasteiger partial charge in [0.1, 0.15) is 0 Å².